The van der Waals surface area contributed by atoms with Crippen molar-refractivity contribution in [3.8, 4) is 17.6 Å². The number of aryl methyl sites for hydroxylation is 1. The maximum atomic E-state index is 12.6. The van der Waals surface area contributed by atoms with Crippen LogP contribution in [0.3, 0.4) is 0 Å². The number of benzene rings is 3. The summed E-state index contributed by atoms with van der Waals surface area (Å²) in [6.45, 7) is 2.44. The fourth-order valence-electron chi connectivity index (χ4n) is 2.97. The van der Waals surface area contributed by atoms with Crippen LogP contribution in [-0.2, 0) is 11.4 Å². The van der Waals surface area contributed by atoms with E-state index >= 15 is 0 Å². The van der Waals surface area contributed by atoms with Crippen molar-refractivity contribution in [1.29, 1.82) is 5.26 Å². The molecule has 0 saturated carbocycles. The summed E-state index contributed by atoms with van der Waals surface area (Å²) in [4.78, 5) is 12.6. The highest BCUT2D eigenvalue weighted by Gasteiger charge is 2.14. The first-order valence-electron chi connectivity index (χ1n) is 9.64. The largest absolute Gasteiger partial charge is 0.493 e. The Bertz CT molecular complexity index is 1200. The Hall–Kier alpha value is -2.83. The zero-order chi connectivity index (χ0) is 23.1. The van der Waals surface area contributed by atoms with Gasteiger partial charge in [-0.3, -0.25) is 4.79 Å². The molecule has 7 heteroatoms. The van der Waals surface area contributed by atoms with Crippen molar-refractivity contribution in [2.45, 2.75) is 13.5 Å². The van der Waals surface area contributed by atoms with Crippen LogP contribution in [0.5, 0.6) is 11.5 Å². The van der Waals surface area contributed by atoms with E-state index in [0.717, 1.165) is 13.6 Å². The van der Waals surface area contributed by atoms with Gasteiger partial charge < -0.3 is 14.8 Å². The lowest BCUT2D eigenvalue weighted by atomic mass is 10.1. The van der Waals surface area contributed by atoms with Gasteiger partial charge in [-0.15, -0.1) is 0 Å². The van der Waals surface area contributed by atoms with E-state index in [0.29, 0.717) is 29.4 Å². The molecule has 3 aromatic rings. The van der Waals surface area contributed by atoms with Gasteiger partial charge in [-0.05, 0) is 83.1 Å². The lowest BCUT2D eigenvalue weighted by molar-refractivity contribution is -0.112. The fraction of sp³-hybridized carbons (Fsp3) is 0.120. The molecule has 0 saturated heterocycles. The number of methoxy groups -OCH3 is 1. The number of hydrogen-bond acceptors (Lipinski definition) is 4. The molecule has 32 heavy (non-hydrogen) atoms. The second-order valence-electron chi connectivity index (χ2n) is 6.94. The van der Waals surface area contributed by atoms with Gasteiger partial charge >= 0.3 is 0 Å². The monoisotopic (exact) mass is 602 g/mol. The zero-order valence-corrected chi connectivity index (χ0v) is 21.2. The molecule has 0 aromatic heterocycles. The van der Waals surface area contributed by atoms with Gasteiger partial charge in [0, 0.05) is 10.2 Å². The van der Waals surface area contributed by atoms with E-state index < -0.39 is 5.91 Å². The number of nitrogens with one attached hydrogen (secondary N) is 1. The van der Waals surface area contributed by atoms with E-state index in [2.05, 4.69) is 49.9 Å². The number of carbonyl (C=O) groups is 1. The van der Waals surface area contributed by atoms with Crippen LogP contribution >= 0.6 is 38.5 Å². The van der Waals surface area contributed by atoms with Gasteiger partial charge in [0.25, 0.3) is 5.91 Å². The summed E-state index contributed by atoms with van der Waals surface area (Å²) in [5.41, 5.74) is 3.48. The second-order valence-corrected chi connectivity index (χ2v) is 9.02. The van der Waals surface area contributed by atoms with Crippen molar-refractivity contribution in [2.24, 2.45) is 0 Å². The second kappa shape index (κ2) is 11.2. The van der Waals surface area contributed by atoms with E-state index in [-0.39, 0.29) is 5.57 Å². The predicted molar refractivity (Wildman–Crippen MR) is 138 cm³/mol. The van der Waals surface area contributed by atoms with E-state index in [4.69, 9.17) is 9.47 Å². The number of nitrogens with zero attached hydrogens (tertiary/aromatic N) is 1. The van der Waals surface area contributed by atoms with E-state index in [1.165, 1.54) is 11.6 Å². The van der Waals surface area contributed by atoms with E-state index in [1.807, 2.05) is 49.4 Å². The first-order chi connectivity index (χ1) is 15.4. The minimum atomic E-state index is -0.483. The van der Waals surface area contributed by atoms with Gasteiger partial charge in [-0.2, -0.15) is 5.26 Å². The van der Waals surface area contributed by atoms with Crippen LogP contribution in [0.2, 0.25) is 0 Å². The first kappa shape index (κ1) is 23.8. The minimum Gasteiger partial charge on any atom is -0.493 e. The molecule has 0 bridgehead atoms. The maximum absolute atomic E-state index is 12.6. The highest BCUT2D eigenvalue weighted by Crippen LogP contribution is 2.35. The summed E-state index contributed by atoms with van der Waals surface area (Å²) in [7, 11) is 1.56. The Balaban J connectivity index is 1.81. The smallest absolute Gasteiger partial charge is 0.266 e. The summed E-state index contributed by atoms with van der Waals surface area (Å²) in [5.74, 6) is 0.662. The van der Waals surface area contributed by atoms with Crippen molar-refractivity contribution in [3.63, 3.8) is 0 Å². The van der Waals surface area contributed by atoms with Gasteiger partial charge in [0.15, 0.2) is 11.5 Å². The third kappa shape index (κ3) is 6.34. The van der Waals surface area contributed by atoms with Crippen LogP contribution in [0, 0.1) is 21.8 Å². The van der Waals surface area contributed by atoms with Gasteiger partial charge in [-0.25, -0.2) is 0 Å². The first-order valence-corrected chi connectivity index (χ1v) is 11.5. The Morgan fingerprint density at radius 1 is 1.19 bits per heavy atom. The molecule has 5 nitrogen and oxygen atoms in total. The number of carbonyl (C=O) groups excluding carboxylic acids is 1. The molecule has 0 unspecified atom stereocenters. The molecule has 0 heterocycles. The summed E-state index contributed by atoms with van der Waals surface area (Å²) in [6, 6.07) is 20.8. The number of amides is 1. The highest BCUT2D eigenvalue weighted by atomic mass is 127. The van der Waals surface area contributed by atoms with Crippen molar-refractivity contribution in [2.75, 3.05) is 12.4 Å². The number of rotatable bonds is 7. The summed E-state index contributed by atoms with van der Waals surface area (Å²) < 4.78 is 13.2. The fourth-order valence-corrected chi connectivity index (χ4v) is 4.01. The Labute approximate surface area is 209 Å². The van der Waals surface area contributed by atoms with E-state index in [1.54, 1.807) is 25.3 Å². The van der Waals surface area contributed by atoms with Crippen LogP contribution in [0.1, 0.15) is 16.7 Å². The van der Waals surface area contributed by atoms with E-state index in [9.17, 15) is 10.1 Å². The van der Waals surface area contributed by atoms with Crippen molar-refractivity contribution < 1.29 is 14.3 Å². The number of ether oxygens (including phenoxy) is 2. The maximum Gasteiger partial charge on any atom is 0.266 e. The Kier molecular flexibility index (Phi) is 8.31. The molecule has 0 aliphatic rings. The average molecular weight is 603 g/mol. The zero-order valence-electron chi connectivity index (χ0n) is 17.5. The van der Waals surface area contributed by atoms with Crippen LogP contribution in [0.25, 0.3) is 6.08 Å². The van der Waals surface area contributed by atoms with Crippen molar-refractivity contribution in [3.05, 3.63) is 91.0 Å². The molecular weight excluding hydrogens is 583 g/mol. The quantitative estimate of drug-likeness (QED) is 0.190. The Morgan fingerprint density at radius 3 is 2.59 bits per heavy atom. The standard InChI is InChI=1S/C25H20BrIN2O3/c1-16-4-3-5-17(10-16)15-32-24-22(27)12-18(13-23(24)31-2)11-19(14-28)25(30)29-21-8-6-20(26)7-9-21/h3-13H,15H2,1-2H3,(H,29,30)/b19-11-. The molecular formula is C25H20BrIN2O3. The molecule has 0 atom stereocenters. The summed E-state index contributed by atoms with van der Waals surface area (Å²) >= 11 is 5.51. The predicted octanol–water partition coefficient (Wildman–Crippen LogP) is 6.50. The molecule has 0 spiro atoms. The highest BCUT2D eigenvalue weighted by molar-refractivity contribution is 14.1. The van der Waals surface area contributed by atoms with Gasteiger partial charge in [0.1, 0.15) is 18.2 Å². The lowest BCUT2D eigenvalue weighted by Crippen LogP contribution is -2.13. The van der Waals surface area contributed by atoms with Gasteiger partial charge in [0.2, 0.25) is 0 Å². The van der Waals surface area contributed by atoms with Crippen molar-refractivity contribution >= 4 is 56.2 Å². The topological polar surface area (TPSA) is 71.3 Å². The molecule has 3 rings (SSSR count). The molecule has 162 valence electrons. The minimum absolute atomic E-state index is 0.0146. The van der Waals surface area contributed by atoms with Gasteiger partial charge in [0.05, 0.1) is 10.7 Å². The Morgan fingerprint density at radius 2 is 1.94 bits per heavy atom. The summed E-state index contributed by atoms with van der Waals surface area (Å²) in [6.07, 6.45) is 1.53. The van der Waals surface area contributed by atoms with Crippen LogP contribution in [-0.4, -0.2) is 13.0 Å². The van der Waals surface area contributed by atoms with Crippen molar-refractivity contribution in [1.82, 2.24) is 0 Å². The number of halogens is 2. The third-order valence-corrected chi connectivity index (χ3v) is 5.83. The molecule has 1 amide bonds. The molecule has 1 N–H and O–H groups in total. The third-order valence-electron chi connectivity index (χ3n) is 4.50. The molecule has 3 aromatic carbocycles. The van der Waals surface area contributed by atoms with Crippen LogP contribution in [0.4, 0.5) is 5.69 Å². The number of anilines is 1. The lowest BCUT2D eigenvalue weighted by Gasteiger charge is -2.14. The van der Waals surface area contributed by atoms with Crippen LogP contribution in [0.15, 0.2) is 70.7 Å². The SMILES string of the molecule is COc1cc(/C=C(/C#N)C(=O)Nc2ccc(Br)cc2)cc(I)c1OCc1cccc(C)c1. The van der Waals surface area contributed by atoms with Gasteiger partial charge in [-0.1, -0.05) is 45.8 Å². The molecule has 0 aliphatic heterocycles. The number of hydrogen-bond donors (Lipinski definition) is 1. The van der Waals surface area contributed by atoms with Crippen LogP contribution < -0.4 is 14.8 Å². The number of nitriles is 1. The summed E-state index contributed by atoms with van der Waals surface area (Å²) in [5, 5.41) is 12.2. The normalized spacial score (nSPS) is 10.9. The average Bonchev–Trinajstić information content (AvgIpc) is 2.77. The molecule has 0 aliphatic carbocycles. The molecule has 0 fully saturated rings. The molecule has 0 radical (unpaired) electrons.